The van der Waals surface area contributed by atoms with Crippen LogP contribution in [0.25, 0.3) is 0 Å². The molecule has 0 aliphatic carbocycles. The highest BCUT2D eigenvalue weighted by Crippen LogP contribution is 2.19. The van der Waals surface area contributed by atoms with Crippen LogP contribution < -0.4 is 10.6 Å². The first-order valence-corrected chi connectivity index (χ1v) is 7.40. The molecule has 20 heavy (non-hydrogen) atoms. The number of aryl methyl sites for hydroxylation is 1. The number of rotatable bonds is 3. The summed E-state index contributed by atoms with van der Waals surface area (Å²) in [6, 6.07) is 12.7. The van der Waals surface area contributed by atoms with Crippen molar-refractivity contribution in [2.75, 3.05) is 10.6 Å². The summed E-state index contributed by atoms with van der Waals surface area (Å²) >= 11 is 8.38. The number of hydrogen-bond donors (Lipinski definition) is 2. The molecule has 0 unspecified atom stereocenters. The largest absolute Gasteiger partial charge is 0.332 e. The van der Waals surface area contributed by atoms with Crippen LogP contribution in [-0.2, 0) is 6.42 Å². The minimum absolute atomic E-state index is 0.343. The summed E-state index contributed by atoms with van der Waals surface area (Å²) < 4.78 is 14.4. The van der Waals surface area contributed by atoms with Gasteiger partial charge in [-0.25, -0.2) is 4.39 Å². The van der Waals surface area contributed by atoms with E-state index in [1.54, 1.807) is 12.1 Å². The Morgan fingerprint density at radius 1 is 1.15 bits per heavy atom. The first-order valence-electron chi connectivity index (χ1n) is 6.20. The van der Waals surface area contributed by atoms with Crippen LogP contribution in [0.2, 0.25) is 0 Å². The third-order valence-electron chi connectivity index (χ3n) is 2.80. The second-order valence-electron chi connectivity index (χ2n) is 4.25. The van der Waals surface area contributed by atoms with Crippen LogP contribution in [0.3, 0.4) is 0 Å². The molecule has 104 valence electrons. The summed E-state index contributed by atoms with van der Waals surface area (Å²) in [5.41, 5.74) is 2.47. The van der Waals surface area contributed by atoms with Crippen LogP contribution in [0.1, 0.15) is 12.5 Å². The Bertz CT molecular complexity index is 614. The van der Waals surface area contributed by atoms with E-state index in [-0.39, 0.29) is 5.82 Å². The van der Waals surface area contributed by atoms with Crippen LogP contribution >= 0.6 is 28.1 Å². The number of thiocarbonyl (C=S) groups is 1. The molecule has 0 amide bonds. The second kappa shape index (κ2) is 6.81. The predicted molar refractivity (Wildman–Crippen MR) is 89.8 cm³/mol. The fourth-order valence-electron chi connectivity index (χ4n) is 1.70. The summed E-state index contributed by atoms with van der Waals surface area (Å²) in [5, 5.41) is 6.22. The lowest BCUT2D eigenvalue weighted by Crippen LogP contribution is -2.19. The Morgan fingerprint density at radius 2 is 1.85 bits per heavy atom. The molecule has 0 bridgehead atoms. The topological polar surface area (TPSA) is 24.1 Å². The molecule has 0 saturated heterocycles. The van der Waals surface area contributed by atoms with E-state index in [2.05, 4.69) is 33.5 Å². The van der Waals surface area contributed by atoms with E-state index in [1.165, 1.54) is 11.6 Å². The molecule has 0 heterocycles. The first kappa shape index (κ1) is 14.9. The van der Waals surface area contributed by atoms with E-state index in [4.69, 9.17) is 12.2 Å². The van der Waals surface area contributed by atoms with Crippen molar-refractivity contribution in [1.29, 1.82) is 0 Å². The molecule has 2 nitrogen and oxygen atoms in total. The number of nitrogens with one attached hydrogen (secondary N) is 2. The third kappa shape index (κ3) is 4.02. The van der Waals surface area contributed by atoms with Crippen molar-refractivity contribution in [1.82, 2.24) is 0 Å². The fraction of sp³-hybridized carbons (Fsp3) is 0.133. The van der Waals surface area contributed by atoms with Gasteiger partial charge in [0.15, 0.2) is 5.11 Å². The van der Waals surface area contributed by atoms with Gasteiger partial charge in [0.25, 0.3) is 0 Å². The van der Waals surface area contributed by atoms with Gasteiger partial charge in [0.1, 0.15) is 5.82 Å². The van der Waals surface area contributed by atoms with Crippen molar-refractivity contribution >= 4 is 44.6 Å². The van der Waals surface area contributed by atoms with Gasteiger partial charge < -0.3 is 10.6 Å². The smallest absolute Gasteiger partial charge is 0.175 e. The van der Waals surface area contributed by atoms with Gasteiger partial charge in [-0.1, -0.05) is 35.0 Å². The Balaban J connectivity index is 2.01. The van der Waals surface area contributed by atoms with E-state index in [1.807, 2.05) is 24.3 Å². The van der Waals surface area contributed by atoms with Crippen LogP contribution in [0.15, 0.2) is 46.9 Å². The Hall–Kier alpha value is -1.46. The standard InChI is InChI=1S/C15H14BrFN2S/c1-2-10-3-6-12(7-4-10)18-15(20)19-14-8-5-11(16)9-13(14)17/h3-9H,2H2,1H3,(H2,18,19,20). The zero-order valence-corrected chi connectivity index (χ0v) is 13.3. The van der Waals surface area contributed by atoms with Gasteiger partial charge in [0.2, 0.25) is 0 Å². The van der Waals surface area contributed by atoms with Crippen LogP contribution in [0.4, 0.5) is 15.8 Å². The van der Waals surface area contributed by atoms with Crippen molar-refractivity contribution in [3.63, 3.8) is 0 Å². The van der Waals surface area contributed by atoms with Gasteiger partial charge in [-0.15, -0.1) is 0 Å². The third-order valence-corrected chi connectivity index (χ3v) is 3.50. The average molecular weight is 353 g/mol. The van der Waals surface area contributed by atoms with Crippen molar-refractivity contribution in [2.24, 2.45) is 0 Å². The van der Waals surface area contributed by atoms with Crippen molar-refractivity contribution in [3.05, 3.63) is 58.3 Å². The van der Waals surface area contributed by atoms with Crippen molar-refractivity contribution in [2.45, 2.75) is 13.3 Å². The normalized spacial score (nSPS) is 10.2. The molecule has 2 N–H and O–H groups in total. The lowest BCUT2D eigenvalue weighted by atomic mass is 10.1. The molecule has 0 spiro atoms. The maximum atomic E-state index is 13.7. The lowest BCUT2D eigenvalue weighted by Gasteiger charge is -2.11. The molecular formula is C15H14BrFN2S. The van der Waals surface area contributed by atoms with E-state index in [0.717, 1.165) is 12.1 Å². The zero-order valence-electron chi connectivity index (χ0n) is 10.9. The number of anilines is 2. The molecule has 0 aromatic heterocycles. The molecule has 0 aliphatic rings. The lowest BCUT2D eigenvalue weighted by molar-refractivity contribution is 0.631. The van der Waals surface area contributed by atoms with Crippen molar-refractivity contribution < 1.29 is 4.39 Å². The molecule has 0 atom stereocenters. The second-order valence-corrected chi connectivity index (χ2v) is 5.58. The Kier molecular flexibility index (Phi) is 5.09. The highest BCUT2D eigenvalue weighted by molar-refractivity contribution is 9.10. The van der Waals surface area contributed by atoms with Gasteiger partial charge in [-0.05, 0) is 54.5 Å². The monoisotopic (exact) mass is 352 g/mol. The number of halogens is 2. The SMILES string of the molecule is CCc1ccc(NC(=S)Nc2ccc(Br)cc2F)cc1. The zero-order chi connectivity index (χ0) is 14.5. The molecule has 5 heteroatoms. The minimum Gasteiger partial charge on any atom is -0.332 e. The molecule has 0 fully saturated rings. The highest BCUT2D eigenvalue weighted by Gasteiger charge is 2.05. The Morgan fingerprint density at radius 3 is 2.45 bits per heavy atom. The van der Waals surface area contributed by atoms with Crippen LogP contribution in [0, 0.1) is 5.82 Å². The van der Waals surface area contributed by atoms with E-state index in [0.29, 0.717) is 15.3 Å². The molecule has 0 aliphatic heterocycles. The van der Waals surface area contributed by atoms with E-state index in [9.17, 15) is 4.39 Å². The molecule has 0 saturated carbocycles. The average Bonchev–Trinajstić information content (AvgIpc) is 2.43. The van der Waals surface area contributed by atoms with E-state index < -0.39 is 0 Å². The molecule has 2 aromatic carbocycles. The predicted octanol–water partition coefficient (Wildman–Crippen LogP) is 4.96. The number of hydrogen-bond acceptors (Lipinski definition) is 1. The number of benzene rings is 2. The molecule has 2 rings (SSSR count). The molecule has 0 radical (unpaired) electrons. The molecule has 2 aromatic rings. The minimum atomic E-state index is -0.357. The maximum absolute atomic E-state index is 13.7. The van der Waals surface area contributed by atoms with Gasteiger partial charge >= 0.3 is 0 Å². The molecular weight excluding hydrogens is 339 g/mol. The first-order chi connectivity index (χ1) is 9.58. The quantitative estimate of drug-likeness (QED) is 0.763. The summed E-state index contributed by atoms with van der Waals surface area (Å²) in [6.07, 6.45) is 0.993. The van der Waals surface area contributed by atoms with Gasteiger partial charge in [-0.2, -0.15) is 0 Å². The van der Waals surface area contributed by atoms with E-state index >= 15 is 0 Å². The van der Waals surface area contributed by atoms with Crippen LogP contribution in [-0.4, -0.2) is 5.11 Å². The summed E-state index contributed by atoms with van der Waals surface area (Å²) in [4.78, 5) is 0. The Labute approximate surface area is 131 Å². The summed E-state index contributed by atoms with van der Waals surface area (Å²) in [7, 11) is 0. The van der Waals surface area contributed by atoms with Crippen LogP contribution in [0.5, 0.6) is 0 Å². The summed E-state index contributed by atoms with van der Waals surface area (Å²) in [6.45, 7) is 2.10. The summed E-state index contributed by atoms with van der Waals surface area (Å²) in [5.74, 6) is -0.357. The van der Waals surface area contributed by atoms with Gasteiger partial charge in [0, 0.05) is 10.2 Å². The van der Waals surface area contributed by atoms with Crippen molar-refractivity contribution in [3.8, 4) is 0 Å². The maximum Gasteiger partial charge on any atom is 0.175 e. The highest BCUT2D eigenvalue weighted by atomic mass is 79.9. The van der Waals surface area contributed by atoms with Gasteiger partial charge in [-0.3, -0.25) is 0 Å². The van der Waals surface area contributed by atoms with Gasteiger partial charge in [0.05, 0.1) is 5.69 Å². The fourth-order valence-corrected chi connectivity index (χ4v) is 2.26.